The highest BCUT2D eigenvalue weighted by atomic mass is 16.7. The summed E-state index contributed by atoms with van der Waals surface area (Å²) in [4.78, 5) is 11.7. The maximum absolute atomic E-state index is 11.7. The number of rotatable bonds is 7. The van der Waals surface area contributed by atoms with Gasteiger partial charge in [-0.3, -0.25) is 4.79 Å². The monoisotopic (exact) mass is 238 g/mol. The Morgan fingerprint density at radius 1 is 1.24 bits per heavy atom. The molecule has 0 saturated carbocycles. The Labute approximate surface area is 101 Å². The molecule has 1 atom stereocenters. The van der Waals surface area contributed by atoms with Gasteiger partial charge in [-0.2, -0.15) is 0 Å². The highest BCUT2D eigenvalue weighted by molar-refractivity contribution is 5.97. The van der Waals surface area contributed by atoms with Crippen molar-refractivity contribution in [1.29, 1.82) is 0 Å². The fourth-order valence-electron chi connectivity index (χ4n) is 1.34. The molecule has 1 unspecified atom stereocenters. The van der Waals surface area contributed by atoms with Crippen molar-refractivity contribution < 1.29 is 19.0 Å². The van der Waals surface area contributed by atoms with Crippen LogP contribution in [-0.4, -0.2) is 32.4 Å². The van der Waals surface area contributed by atoms with Gasteiger partial charge in [-0.05, 0) is 38.1 Å². The molecule has 17 heavy (non-hydrogen) atoms. The molecule has 1 aromatic carbocycles. The second-order valence-electron chi connectivity index (χ2n) is 3.49. The normalized spacial score (nSPS) is 12.2. The Bertz CT molecular complexity index is 345. The van der Waals surface area contributed by atoms with Gasteiger partial charge in [-0.1, -0.05) is 0 Å². The lowest BCUT2D eigenvalue weighted by Gasteiger charge is -2.12. The summed E-state index contributed by atoms with van der Waals surface area (Å²) in [6.07, 6.45) is -0.359. The molecule has 0 saturated heterocycles. The van der Waals surface area contributed by atoms with Gasteiger partial charge in [0.05, 0.1) is 7.11 Å². The van der Waals surface area contributed by atoms with Gasteiger partial charge in [0.15, 0.2) is 12.1 Å². The molecule has 0 aromatic heterocycles. The molecule has 0 N–H and O–H groups in total. The fraction of sp³-hybridized carbons (Fsp3) is 0.462. The first-order chi connectivity index (χ1) is 8.17. The zero-order valence-corrected chi connectivity index (χ0v) is 10.4. The van der Waals surface area contributed by atoms with Crippen molar-refractivity contribution in [2.24, 2.45) is 0 Å². The average molecular weight is 238 g/mol. The first-order valence-corrected chi connectivity index (χ1v) is 5.57. The Morgan fingerprint density at radius 3 is 2.41 bits per heavy atom. The molecule has 1 rings (SSSR count). The molecule has 1 aromatic rings. The molecular formula is C13H18O4. The molecule has 4 nitrogen and oxygen atoms in total. The molecule has 0 heterocycles. The third-order valence-corrected chi connectivity index (χ3v) is 2.26. The van der Waals surface area contributed by atoms with Gasteiger partial charge >= 0.3 is 0 Å². The minimum absolute atomic E-state index is 0.0213. The van der Waals surface area contributed by atoms with Crippen molar-refractivity contribution in [3.05, 3.63) is 29.8 Å². The highest BCUT2D eigenvalue weighted by Crippen LogP contribution is 2.12. The summed E-state index contributed by atoms with van der Waals surface area (Å²) < 4.78 is 15.4. The predicted molar refractivity (Wildman–Crippen MR) is 64.4 cm³/mol. The van der Waals surface area contributed by atoms with Crippen LogP contribution in [0.15, 0.2) is 24.3 Å². The van der Waals surface area contributed by atoms with Crippen LogP contribution in [-0.2, 0) is 9.47 Å². The zero-order valence-electron chi connectivity index (χ0n) is 10.4. The van der Waals surface area contributed by atoms with Crippen LogP contribution in [0.5, 0.6) is 5.75 Å². The van der Waals surface area contributed by atoms with Gasteiger partial charge in [0.2, 0.25) is 0 Å². The Morgan fingerprint density at radius 2 is 1.88 bits per heavy atom. The molecule has 94 valence electrons. The molecule has 4 heteroatoms. The topological polar surface area (TPSA) is 44.8 Å². The zero-order chi connectivity index (χ0) is 12.7. The van der Waals surface area contributed by atoms with Crippen LogP contribution >= 0.6 is 0 Å². The molecule has 0 amide bonds. The lowest BCUT2D eigenvalue weighted by Crippen LogP contribution is -2.18. The number of Topliss-reactive ketones (excluding diaryl/α,β-unsaturated/α-hetero) is 1. The minimum atomic E-state index is -0.359. The van der Waals surface area contributed by atoms with E-state index in [1.807, 2.05) is 6.92 Å². The number of carbonyl (C=O) groups is 1. The highest BCUT2D eigenvalue weighted by Gasteiger charge is 2.08. The van der Waals surface area contributed by atoms with E-state index in [9.17, 15) is 4.79 Å². The van der Waals surface area contributed by atoms with Crippen LogP contribution in [0.1, 0.15) is 24.2 Å². The molecule has 0 fully saturated rings. The maximum Gasteiger partial charge on any atom is 0.188 e. The van der Waals surface area contributed by atoms with E-state index >= 15 is 0 Å². The van der Waals surface area contributed by atoms with E-state index in [1.165, 1.54) is 0 Å². The van der Waals surface area contributed by atoms with Gasteiger partial charge in [-0.15, -0.1) is 0 Å². The van der Waals surface area contributed by atoms with E-state index in [1.54, 1.807) is 38.3 Å². The van der Waals surface area contributed by atoms with Gasteiger partial charge in [0.1, 0.15) is 12.4 Å². The summed E-state index contributed by atoms with van der Waals surface area (Å²) >= 11 is 0. The quantitative estimate of drug-likeness (QED) is 0.540. The van der Waals surface area contributed by atoms with Crippen molar-refractivity contribution in [3.8, 4) is 5.75 Å². The molecule has 0 aliphatic carbocycles. The SMILES string of the molecule is CCOC(C)OCC(=O)c1ccc(OC)cc1. The summed E-state index contributed by atoms with van der Waals surface area (Å²) in [7, 11) is 1.59. The summed E-state index contributed by atoms with van der Waals surface area (Å²) in [5.41, 5.74) is 0.606. The van der Waals surface area contributed by atoms with Crippen molar-refractivity contribution in [1.82, 2.24) is 0 Å². The molecule has 0 bridgehead atoms. The minimum Gasteiger partial charge on any atom is -0.497 e. The fourth-order valence-corrected chi connectivity index (χ4v) is 1.34. The third-order valence-electron chi connectivity index (χ3n) is 2.26. The van der Waals surface area contributed by atoms with Crippen molar-refractivity contribution in [2.75, 3.05) is 20.3 Å². The molecular weight excluding hydrogens is 220 g/mol. The largest absolute Gasteiger partial charge is 0.497 e. The first-order valence-electron chi connectivity index (χ1n) is 5.57. The van der Waals surface area contributed by atoms with E-state index < -0.39 is 0 Å². The van der Waals surface area contributed by atoms with Crippen LogP contribution in [0.2, 0.25) is 0 Å². The number of carbonyl (C=O) groups excluding carboxylic acids is 1. The third kappa shape index (κ3) is 4.54. The Hall–Kier alpha value is -1.39. The lowest BCUT2D eigenvalue weighted by atomic mass is 10.1. The Balaban J connectivity index is 2.46. The van der Waals surface area contributed by atoms with Crippen LogP contribution in [0, 0.1) is 0 Å². The van der Waals surface area contributed by atoms with Crippen LogP contribution in [0.4, 0.5) is 0 Å². The molecule has 0 aliphatic heterocycles. The summed E-state index contributed by atoms with van der Waals surface area (Å²) in [5.74, 6) is 0.657. The predicted octanol–water partition coefficient (Wildman–Crippen LogP) is 2.28. The number of hydrogen-bond acceptors (Lipinski definition) is 4. The van der Waals surface area contributed by atoms with Gasteiger partial charge in [-0.25, -0.2) is 0 Å². The summed E-state index contributed by atoms with van der Waals surface area (Å²) in [6.45, 7) is 4.24. The number of ketones is 1. The van der Waals surface area contributed by atoms with E-state index in [4.69, 9.17) is 14.2 Å². The van der Waals surface area contributed by atoms with Crippen LogP contribution < -0.4 is 4.74 Å². The summed E-state index contributed by atoms with van der Waals surface area (Å²) in [6, 6.07) is 6.93. The van der Waals surface area contributed by atoms with Crippen molar-refractivity contribution >= 4 is 5.78 Å². The van der Waals surface area contributed by atoms with Gasteiger partial charge in [0.25, 0.3) is 0 Å². The number of hydrogen-bond donors (Lipinski definition) is 0. The van der Waals surface area contributed by atoms with Crippen molar-refractivity contribution in [3.63, 3.8) is 0 Å². The average Bonchev–Trinajstić information content (AvgIpc) is 2.36. The van der Waals surface area contributed by atoms with Crippen molar-refractivity contribution in [2.45, 2.75) is 20.1 Å². The van der Waals surface area contributed by atoms with E-state index in [0.717, 1.165) is 5.75 Å². The molecule has 0 aliphatic rings. The lowest BCUT2D eigenvalue weighted by molar-refractivity contribution is -0.119. The number of methoxy groups -OCH3 is 1. The smallest absolute Gasteiger partial charge is 0.188 e. The molecule has 0 radical (unpaired) electrons. The second-order valence-corrected chi connectivity index (χ2v) is 3.49. The Kier molecular flexibility index (Phi) is 5.66. The molecule has 0 spiro atoms. The van der Waals surface area contributed by atoms with Crippen LogP contribution in [0.25, 0.3) is 0 Å². The maximum atomic E-state index is 11.7. The van der Waals surface area contributed by atoms with E-state index in [0.29, 0.717) is 12.2 Å². The second kappa shape index (κ2) is 7.04. The number of benzene rings is 1. The van der Waals surface area contributed by atoms with E-state index in [-0.39, 0.29) is 18.7 Å². The standard InChI is InChI=1S/C13H18O4/c1-4-16-10(2)17-9-13(14)11-5-7-12(15-3)8-6-11/h5-8,10H,4,9H2,1-3H3. The summed E-state index contributed by atoms with van der Waals surface area (Å²) in [5, 5.41) is 0. The van der Waals surface area contributed by atoms with E-state index in [2.05, 4.69) is 0 Å². The van der Waals surface area contributed by atoms with Crippen LogP contribution in [0.3, 0.4) is 0 Å². The number of ether oxygens (including phenoxy) is 3. The van der Waals surface area contributed by atoms with Gasteiger partial charge < -0.3 is 14.2 Å². The first kappa shape index (κ1) is 13.7. The van der Waals surface area contributed by atoms with Gasteiger partial charge in [0, 0.05) is 12.2 Å².